The lowest BCUT2D eigenvalue weighted by Gasteiger charge is -2.50. The second kappa shape index (κ2) is 7.61. The van der Waals surface area contributed by atoms with Crippen molar-refractivity contribution < 1.29 is 9.53 Å². The van der Waals surface area contributed by atoms with E-state index >= 15 is 0 Å². The van der Waals surface area contributed by atoms with Gasteiger partial charge in [-0.15, -0.1) is 24.7 Å². The fourth-order valence-corrected chi connectivity index (χ4v) is 5.02. The van der Waals surface area contributed by atoms with Crippen molar-refractivity contribution in [2.24, 2.45) is 5.41 Å². The molecule has 0 fully saturated rings. The Hall–Kier alpha value is -0.903. The highest BCUT2D eigenvalue weighted by Crippen LogP contribution is 2.47. The van der Waals surface area contributed by atoms with Crippen LogP contribution < -0.4 is 0 Å². The van der Waals surface area contributed by atoms with Gasteiger partial charge in [0.05, 0.1) is 6.10 Å². The Balaban J connectivity index is 2.35. The smallest absolute Gasteiger partial charge is 0.0849 e. The quantitative estimate of drug-likeness (QED) is 0.424. The normalized spacial score (nSPS) is 21.2. The van der Waals surface area contributed by atoms with Crippen LogP contribution in [0.3, 0.4) is 0 Å². The van der Waals surface area contributed by atoms with Gasteiger partial charge in [-0.3, -0.25) is 0 Å². The summed E-state index contributed by atoms with van der Waals surface area (Å²) in [5.74, 6) is 0. The standard InChI is InChI=1S/C23H38O2Si/c1-9-16-23(6,10-2)21(24)19-13-11-12-18-17(19)14-15-20(18)25-26(7,8)22(3,4)5/h9,11-13,20-21,24H,1,10,14-16H2,2-8H3/q-1/t20-,21?,23?/m0/s1. The first-order valence-electron chi connectivity index (χ1n) is 10.1. The Morgan fingerprint density at radius 1 is 1.31 bits per heavy atom. The number of aliphatic hydroxyl groups excluding tert-OH is 1. The molecule has 3 heteroatoms. The minimum atomic E-state index is -1.81. The molecule has 2 unspecified atom stereocenters. The predicted octanol–water partition coefficient (Wildman–Crippen LogP) is 6.72. The summed E-state index contributed by atoms with van der Waals surface area (Å²) in [7, 11) is -1.81. The Labute approximate surface area is 161 Å². The molecule has 0 spiro atoms. The number of benzene rings is 1. The second-order valence-corrected chi connectivity index (χ2v) is 14.5. The molecule has 1 aliphatic rings. The van der Waals surface area contributed by atoms with Crippen LogP contribution in [0.2, 0.25) is 18.1 Å². The molecule has 0 saturated heterocycles. The van der Waals surface area contributed by atoms with Crippen LogP contribution in [0, 0.1) is 5.41 Å². The molecule has 0 amide bonds. The lowest BCUT2D eigenvalue weighted by Crippen LogP contribution is -2.41. The summed E-state index contributed by atoms with van der Waals surface area (Å²) in [5.41, 5.74) is 3.53. The summed E-state index contributed by atoms with van der Waals surface area (Å²) in [6, 6.07) is 6.40. The SMILES string of the molecule is C=CCC(C)(CC)C(O)c1cccc2c1CC[C@@H]2O[Si-](C)(C)C(C)(C)C. The average molecular weight is 375 g/mol. The second-order valence-electron chi connectivity index (χ2n) is 9.72. The molecule has 0 saturated carbocycles. The first-order valence-corrected chi connectivity index (χ1v) is 13.0. The average Bonchev–Trinajstić information content (AvgIpc) is 2.95. The molecule has 26 heavy (non-hydrogen) atoms. The molecular weight excluding hydrogens is 336 g/mol. The van der Waals surface area contributed by atoms with Crippen LogP contribution in [0.15, 0.2) is 30.9 Å². The summed E-state index contributed by atoms with van der Waals surface area (Å²) in [4.78, 5) is 0. The predicted molar refractivity (Wildman–Crippen MR) is 114 cm³/mol. The number of allylic oxidation sites excluding steroid dienone is 1. The lowest BCUT2D eigenvalue weighted by molar-refractivity contribution is 0.0342. The lowest BCUT2D eigenvalue weighted by atomic mass is 9.74. The summed E-state index contributed by atoms with van der Waals surface area (Å²) in [6.07, 6.45) is 5.40. The molecule has 1 aliphatic carbocycles. The van der Waals surface area contributed by atoms with E-state index in [2.05, 4.69) is 72.5 Å². The number of aliphatic hydroxyl groups is 1. The van der Waals surface area contributed by atoms with E-state index in [-0.39, 0.29) is 16.6 Å². The van der Waals surface area contributed by atoms with Crippen LogP contribution in [0.25, 0.3) is 0 Å². The zero-order valence-electron chi connectivity index (χ0n) is 17.9. The van der Waals surface area contributed by atoms with E-state index in [1.165, 1.54) is 11.1 Å². The Morgan fingerprint density at radius 2 is 1.96 bits per heavy atom. The van der Waals surface area contributed by atoms with Gasteiger partial charge >= 0.3 is 0 Å². The van der Waals surface area contributed by atoms with E-state index in [0.29, 0.717) is 0 Å². The fourth-order valence-electron chi connectivity index (χ4n) is 3.71. The fraction of sp³-hybridized carbons (Fsp3) is 0.652. The molecule has 147 valence electrons. The van der Waals surface area contributed by atoms with E-state index in [1.807, 2.05) is 6.08 Å². The zero-order valence-corrected chi connectivity index (χ0v) is 18.9. The van der Waals surface area contributed by atoms with Crippen molar-refractivity contribution in [3.63, 3.8) is 0 Å². The van der Waals surface area contributed by atoms with E-state index in [1.54, 1.807) is 0 Å². The highest BCUT2D eigenvalue weighted by atomic mass is 28.4. The van der Waals surface area contributed by atoms with Crippen LogP contribution in [0.4, 0.5) is 0 Å². The molecule has 0 aliphatic heterocycles. The molecule has 0 heterocycles. The van der Waals surface area contributed by atoms with Crippen molar-refractivity contribution in [2.75, 3.05) is 0 Å². The van der Waals surface area contributed by atoms with Gasteiger partial charge in [-0.1, -0.05) is 58.9 Å². The summed E-state index contributed by atoms with van der Waals surface area (Å²) >= 11 is 0. The summed E-state index contributed by atoms with van der Waals surface area (Å²) in [6.45, 7) is 19.7. The summed E-state index contributed by atoms with van der Waals surface area (Å²) < 4.78 is 6.72. The maximum absolute atomic E-state index is 11.2. The van der Waals surface area contributed by atoms with Crippen molar-refractivity contribution in [1.29, 1.82) is 0 Å². The van der Waals surface area contributed by atoms with Crippen molar-refractivity contribution in [1.82, 2.24) is 0 Å². The largest absolute Gasteiger partial charge is 0.559 e. The van der Waals surface area contributed by atoms with Crippen LogP contribution in [-0.4, -0.2) is 13.4 Å². The Bertz CT molecular complexity index is 644. The molecule has 3 atom stereocenters. The zero-order chi connectivity index (χ0) is 19.8. The monoisotopic (exact) mass is 374 g/mol. The maximum atomic E-state index is 11.2. The molecule has 2 rings (SSSR count). The topological polar surface area (TPSA) is 29.5 Å². The van der Waals surface area contributed by atoms with Gasteiger partial charge in [-0.05, 0) is 50.7 Å². The van der Waals surface area contributed by atoms with Crippen molar-refractivity contribution in [3.8, 4) is 0 Å². The van der Waals surface area contributed by atoms with Crippen molar-refractivity contribution in [3.05, 3.63) is 47.5 Å². The van der Waals surface area contributed by atoms with Gasteiger partial charge in [0.2, 0.25) is 0 Å². The number of rotatable bonds is 7. The van der Waals surface area contributed by atoms with Crippen LogP contribution in [-0.2, 0) is 10.8 Å². The molecule has 2 nitrogen and oxygen atoms in total. The number of fused-ring (bicyclic) bond motifs is 1. The van der Waals surface area contributed by atoms with E-state index in [9.17, 15) is 5.11 Å². The summed E-state index contributed by atoms with van der Waals surface area (Å²) in [5, 5.41) is 11.4. The van der Waals surface area contributed by atoms with E-state index in [4.69, 9.17) is 4.43 Å². The van der Waals surface area contributed by atoms with Gasteiger partial charge in [0.25, 0.3) is 0 Å². The van der Waals surface area contributed by atoms with Gasteiger partial charge in [0.1, 0.15) is 0 Å². The molecule has 0 radical (unpaired) electrons. The molecule has 0 bridgehead atoms. The van der Waals surface area contributed by atoms with Crippen molar-refractivity contribution >= 4 is 8.32 Å². The number of hydrogen-bond acceptors (Lipinski definition) is 2. The van der Waals surface area contributed by atoms with Crippen molar-refractivity contribution in [2.45, 2.75) is 90.6 Å². The van der Waals surface area contributed by atoms with Gasteiger partial charge in [0.15, 0.2) is 0 Å². The third-order valence-electron chi connectivity index (χ3n) is 6.87. The highest BCUT2D eigenvalue weighted by Gasteiger charge is 2.36. The maximum Gasteiger partial charge on any atom is 0.0849 e. The van der Waals surface area contributed by atoms with Crippen LogP contribution in [0.1, 0.15) is 82.8 Å². The minimum absolute atomic E-state index is 0.171. The third kappa shape index (κ3) is 4.00. The van der Waals surface area contributed by atoms with Gasteiger partial charge in [-0.25, -0.2) is 0 Å². The van der Waals surface area contributed by atoms with Gasteiger partial charge in [-0.2, -0.15) is 0 Å². The molecule has 0 aromatic heterocycles. The Kier molecular flexibility index (Phi) is 6.26. The van der Waals surface area contributed by atoms with E-state index < -0.39 is 14.4 Å². The van der Waals surface area contributed by atoms with Gasteiger partial charge in [0, 0.05) is 11.5 Å². The van der Waals surface area contributed by atoms with Crippen LogP contribution >= 0.6 is 0 Å². The number of hydrogen-bond donors (Lipinski definition) is 1. The molecular formula is C23H38O2Si-. The van der Waals surface area contributed by atoms with Gasteiger partial charge < -0.3 is 9.53 Å². The molecule has 1 aromatic rings. The van der Waals surface area contributed by atoms with E-state index in [0.717, 1.165) is 31.2 Å². The first kappa shape index (κ1) is 21.4. The minimum Gasteiger partial charge on any atom is -0.559 e. The third-order valence-corrected chi connectivity index (χ3v) is 11.4. The Morgan fingerprint density at radius 3 is 2.50 bits per heavy atom. The highest BCUT2D eigenvalue weighted by molar-refractivity contribution is 6.74. The molecule has 1 N–H and O–H groups in total. The first-order chi connectivity index (χ1) is 12.0. The molecule has 1 aromatic carbocycles. The van der Waals surface area contributed by atoms with Crippen LogP contribution in [0.5, 0.6) is 0 Å².